The Hall–Kier alpha value is -1.82. The minimum absolute atomic E-state index is 0.219. The van der Waals surface area contributed by atoms with Crippen LogP contribution in [0.5, 0.6) is 0 Å². The molecule has 3 rings (SSSR count). The van der Waals surface area contributed by atoms with Gasteiger partial charge in [0.05, 0.1) is 18.4 Å². The largest absolute Gasteiger partial charge is 0.396 e. The van der Waals surface area contributed by atoms with Gasteiger partial charge in [0.1, 0.15) is 5.82 Å². The first kappa shape index (κ1) is 12.2. The van der Waals surface area contributed by atoms with Crippen LogP contribution < -0.4 is 5.32 Å². The third-order valence-corrected chi connectivity index (χ3v) is 3.59. The van der Waals surface area contributed by atoms with Crippen LogP contribution in [-0.2, 0) is 13.5 Å². The molecule has 3 heterocycles. The van der Waals surface area contributed by atoms with E-state index >= 15 is 0 Å². The van der Waals surface area contributed by atoms with Crippen LogP contribution in [0.2, 0.25) is 0 Å². The quantitative estimate of drug-likeness (QED) is 0.859. The van der Waals surface area contributed by atoms with Gasteiger partial charge in [0, 0.05) is 37.5 Å². The van der Waals surface area contributed by atoms with Gasteiger partial charge in [-0.25, -0.2) is 4.68 Å². The van der Waals surface area contributed by atoms with Crippen LogP contribution >= 0.6 is 0 Å². The Morgan fingerprint density at radius 3 is 3.05 bits per heavy atom. The third-order valence-electron chi connectivity index (χ3n) is 3.59. The molecule has 0 amide bonds. The first-order chi connectivity index (χ1) is 9.29. The molecule has 1 atom stereocenters. The maximum absolute atomic E-state index is 8.94. The summed E-state index contributed by atoms with van der Waals surface area (Å²) < 4.78 is 3.88. The fourth-order valence-electron chi connectivity index (χ4n) is 2.65. The Bertz CT molecular complexity index is 559. The summed E-state index contributed by atoms with van der Waals surface area (Å²) in [4.78, 5) is 0. The number of fused-ring (bicyclic) bond motifs is 1. The molecule has 6 heteroatoms. The van der Waals surface area contributed by atoms with Gasteiger partial charge in [-0.15, -0.1) is 0 Å². The van der Waals surface area contributed by atoms with Crippen molar-refractivity contribution in [2.45, 2.75) is 25.3 Å². The van der Waals surface area contributed by atoms with Crippen LogP contribution in [0.15, 0.2) is 18.6 Å². The molecular weight excluding hydrogens is 242 g/mol. The normalized spacial score (nSPS) is 18.1. The summed E-state index contributed by atoms with van der Waals surface area (Å²) in [6.45, 7) is 1.16. The van der Waals surface area contributed by atoms with Crippen molar-refractivity contribution in [3.8, 4) is 0 Å². The van der Waals surface area contributed by atoms with Crippen LogP contribution in [0.1, 0.15) is 30.0 Å². The summed E-state index contributed by atoms with van der Waals surface area (Å²) in [6, 6.07) is 0.257. The summed E-state index contributed by atoms with van der Waals surface area (Å²) >= 11 is 0. The fourth-order valence-corrected chi connectivity index (χ4v) is 2.65. The number of nitrogens with zero attached hydrogens (tertiary/aromatic N) is 4. The predicted molar refractivity (Wildman–Crippen MR) is 72.1 cm³/mol. The van der Waals surface area contributed by atoms with Crippen molar-refractivity contribution in [2.24, 2.45) is 7.05 Å². The van der Waals surface area contributed by atoms with Crippen molar-refractivity contribution >= 4 is 5.82 Å². The first-order valence-corrected chi connectivity index (χ1v) is 6.69. The Labute approximate surface area is 112 Å². The molecule has 19 heavy (non-hydrogen) atoms. The van der Waals surface area contributed by atoms with Crippen molar-refractivity contribution in [2.75, 3.05) is 18.5 Å². The van der Waals surface area contributed by atoms with Crippen molar-refractivity contribution in [1.82, 2.24) is 19.6 Å². The van der Waals surface area contributed by atoms with Crippen LogP contribution in [0.4, 0.5) is 5.82 Å². The van der Waals surface area contributed by atoms with E-state index in [1.807, 2.05) is 28.8 Å². The first-order valence-electron chi connectivity index (χ1n) is 6.69. The number of hydrogen-bond acceptors (Lipinski definition) is 4. The van der Waals surface area contributed by atoms with Gasteiger partial charge in [-0.1, -0.05) is 0 Å². The standard InChI is InChI=1S/C13H19N5O/c1-17-9-11(8-15-17)12-4-5-14-13-10(3-2-6-19)7-16-18(12)13/h7-9,12,14,19H,2-6H2,1H3. The molecule has 2 aromatic heterocycles. The van der Waals surface area contributed by atoms with Crippen molar-refractivity contribution < 1.29 is 5.11 Å². The molecule has 1 aliphatic heterocycles. The summed E-state index contributed by atoms with van der Waals surface area (Å²) in [5, 5.41) is 21.1. The van der Waals surface area contributed by atoms with E-state index in [1.165, 1.54) is 11.1 Å². The smallest absolute Gasteiger partial charge is 0.128 e. The zero-order chi connectivity index (χ0) is 13.2. The second-order valence-electron chi connectivity index (χ2n) is 4.97. The highest BCUT2D eigenvalue weighted by atomic mass is 16.2. The minimum atomic E-state index is 0.219. The van der Waals surface area contributed by atoms with Crippen LogP contribution in [0.3, 0.4) is 0 Å². The molecule has 6 nitrogen and oxygen atoms in total. The molecule has 2 aromatic rings. The van der Waals surface area contributed by atoms with E-state index in [-0.39, 0.29) is 12.6 Å². The van der Waals surface area contributed by atoms with Gasteiger partial charge in [-0.3, -0.25) is 4.68 Å². The highest BCUT2D eigenvalue weighted by molar-refractivity contribution is 5.47. The average molecular weight is 261 g/mol. The molecule has 1 aliphatic rings. The lowest BCUT2D eigenvalue weighted by Gasteiger charge is -2.25. The lowest BCUT2D eigenvalue weighted by Crippen LogP contribution is -2.24. The monoisotopic (exact) mass is 261 g/mol. The van der Waals surface area contributed by atoms with E-state index in [1.54, 1.807) is 0 Å². The van der Waals surface area contributed by atoms with Gasteiger partial charge in [0.25, 0.3) is 0 Å². The van der Waals surface area contributed by atoms with Gasteiger partial charge in [-0.05, 0) is 19.3 Å². The molecular formula is C13H19N5O. The number of aryl methyl sites for hydroxylation is 2. The summed E-state index contributed by atoms with van der Waals surface area (Å²) in [6.07, 6.45) is 8.52. The zero-order valence-corrected chi connectivity index (χ0v) is 11.1. The predicted octanol–water partition coefficient (Wildman–Crippen LogP) is 0.946. The highest BCUT2D eigenvalue weighted by Crippen LogP contribution is 2.31. The number of aromatic nitrogens is 4. The van der Waals surface area contributed by atoms with Gasteiger partial charge in [0.2, 0.25) is 0 Å². The van der Waals surface area contributed by atoms with Crippen LogP contribution in [-0.4, -0.2) is 37.8 Å². The van der Waals surface area contributed by atoms with E-state index in [2.05, 4.69) is 21.7 Å². The fraction of sp³-hybridized carbons (Fsp3) is 0.538. The van der Waals surface area contributed by atoms with Gasteiger partial charge >= 0.3 is 0 Å². The number of aliphatic hydroxyl groups excluding tert-OH is 1. The third kappa shape index (κ3) is 2.23. The molecule has 1 unspecified atom stereocenters. The Morgan fingerprint density at radius 2 is 2.32 bits per heavy atom. The zero-order valence-electron chi connectivity index (χ0n) is 11.1. The average Bonchev–Trinajstić information content (AvgIpc) is 3.02. The number of aliphatic hydroxyl groups is 1. The van der Waals surface area contributed by atoms with Gasteiger partial charge in [0.15, 0.2) is 0 Å². The van der Waals surface area contributed by atoms with Gasteiger partial charge in [-0.2, -0.15) is 10.2 Å². The van der Waals surface area contributed by atoms with E-state index in [0.717, 1.165) is 31.6 Å². The molecule has 0 fully saturated rings. The number of hydrogen-bond donors (Lipinski definition) is 2. The minimum Gasteiger partial charge on any atom is -0.396 e. The van der Waals surface area contributed by atoms with E-state index in [4.69, 9.17) is 5.11 Å². The van der Waals surface area contributed by atoms with E-state index in [9.17, 15) is 0 Å². The lowest BCUT2D eigenvalue weighted by atomic mass is 10.1. The van der Waals surface area contributed by atoms with Crippen LogP contribution in [0, 0.1) is 0 Å². The van der Waals surface area contributed by atoms with E-state index < -0.39 is 0 Å². The summed E-state index contributed by atoms with van der Waals surface area (Å²) in [5.41, 5.74) is 2.38. The van der Waals surface area contributed by atoms with Crippen molar-refractivity contribution in [3.63, 3.8) is 0 Å². The SMILES string of the molecule is Cn1cc(C2CCNc3c(CCCO)cnn32)cn1. The molecule has 2 N–H and O–H groups in total. The molecule has 0 bridgehead atoms. The molecule has 0 aromatic carbocycles. The Morgan fingerprint density at radius 1 is 1.42 bits per heavy atom. The van der Waals surface area contributed by atoms with E-state index in [0.29, 0.717) is 0 Å². The molecule has 0 radical (unpaired) electrons. The molecule has 0 saturated heterocycles. The maximum Gasteiger partial charge on any atom is 0.128 e. The Kier molecular flexibility index (Phi) is 3.25. The maximum atomic E-state index is 8.94. The van der Waals surface area contributed by atoms with Crippen molar-refractivity contribution in [3.05, 3.63) is 29.7 Å². The number of anilines is 1. The molecule has 0 aliphatic carbocycles. The summed E-state index contributed by atoms with van der Waals surface area (Å²) in [7, 11) is 1.93. The molecule has 0 spiro atoms. The topological polar surface area (TPSA) is 67.9 Å². The molecule has 102 valence electrons. The van der Waals surface area contributed by atoms with Crippen molar-refractivity contribution in [1.29, 1.82) is 0 Å². The summed E-state index contributed by atoms with van der Waals surface area (Å²) in [5.74, 6) is 1.09. The lowest BCUT2D eigenvalue weighted by molar-refractivity contribution is 0.288. The van der Waals surface area contributed by atoms with Crippen LogP contribution in [0.25, 0.3) is 0 Å². The second-order valence-corrected chi connectivity index (χ2v) is 4.97. The number of rotatable bonds is 4. The highest BCUT2D eigenvalue weighted by Gasteiger charge is 2.24. The second kappa shape index (κ2) is 5.05. The van der Waals surface area contributed by atoms with Gasteiger partial charge < -0.3 is 10.4 Å². The molecule has 0 saturated carbocycles. The Balaban J connectivity index is 1.90. The number of nitrogens with one attached hydrogen (secondary N) is 1.